The molecule has 0 saturated carbocycles. The van der Waals surface area contributed by atoms with Crippen molar-refractivity contribution in [3.63, 3.8) is 0 Å². The fraction of sp³-hybridized carbons (Fsp3) is 0.105. The average Bonchev–Trinajstić information content (AvgIpc) is 3.43. The van der Waals surface area contributed by atoms with E-state index in [0.29, 0.717) is 22.8 Å². The highest BCUT2D eigenvalue weighted by atomic mass is 16.5. The summed E-state index contributed by atoms with van der Waals surface area (Å²) in [4.78, 5) is 16.4. The first-order valence-electron chi connectivity index (χ1n) is 8.53. The summed E-state index contributed by atoms with van der Waals surface area (Å²) in [7, 11) is 1.60. The highest BCUT2D eigenvalue weighted by Gasteiger charge is 2.14. The van der Waals surface area contributed by atoms with Gasteiger partial charge in [-0.3, -0.25) is 14.9 Å². The number of aromatic nitrogens is 6. The Morgan fingerprint density at radius 1 is 1.21 bits per heavy atom. The molecular weight excluding hydrogens is 358 g/mol. The van der Waals surface area contributed by atoms with E-state index in [0.717, 1.165) is 11.3 Å². The van der Waals surface area contributed by atoms with Crippen molar-refractivity contribution in [1.82, 2.24) is 35.5 Å². The Labute approximate surface area is 160 Å². The normalized spacial score (nSPS) is 10.6. The largest absolute Gasteiger partial charge is 0.496 e. The molecule has 0 atom stereocenters. The molecule has 0 radical (unpaired) electrons. The molecule has 28 heavy (non-hydrogen) atoms. The SMILES string of the molecule is COc1ccccc1-c1cc(C(=O)NCc2cn(-c3ccncc3)nn2)[nH]n1. The number of hydrogen-bond acceptors (Lipinski definition) is 6. The van der Waals surface area contributed by atoms with Crippen molar-refractivity contribution < 1.29 is 9.53 Å². The van der Waals surface area contributed by atoms with Crippen LogP contribution in [0.2, 0.25) is 0 Å². The lowest BCUT2D eigenvalue weighted by molar-refractivity contribution is 0.0945. The minimum absolute atomic E-state index is 0.243. The van der Waals surface area contributed by atoms with E-state index in [-0.39, 0.29) is 12.5 Å². The van der Waals surface area contributed by atoms with Gasteiger partial charge in [-0.15, -0.1) is 5.10 Å². The summed E-state index contributed by atoms with van der Waals surface area (Å²) in [5, 5.41) is 17.9. The van der Waals surface area contributed by atoms with E-state index in [2.05, 4.69) is 30.8 Å². The second-order valence-electron chi connectivity index (χ2n) is 5.91. The van der Waals surface area contributed by atoms with Crippen molar-refractivity contribution in [2.75, 3.05) is 7.11 Å². The number of H-pyrrole nitrogens is 1. The number of aromatic amines is 1. The molecule has 0 spiro atoms. The van der Waals surface area contributed by atoms with Gasteiger partial charge in [-0.25, -0.2) is 4.68 Å². The minimum atomic E-state index is -0.285. The average molecular weight is 375 g/mol. The summed E-state index contributed by atoms with van der Waals surface area (Å²) in [6.07, 6.45) is 5.11. The number of rotatable bonds is 6. The molecule has 0 aliphatic carbocycles. The van der Waals surface area contributed by atoms with E-state index in [1.54, 1.807) is 36.4 Å². The molecule has 1 aromatic carbocycles. The maximum absolute atomic E-state index is 12.4. The van der Waals surface area contributed by atoms with Gasteiger partial charge in [0.1, 0.15) is 17.1 Å². The summed E-state index contributed by atoms with van der Waals surface area (Å²) in [6, 6.07) is 12.8. The predicted molar refractivity (Wildman–Crippen MR) is 101 cm³/mol. The van der Waals surface area contributed by atoms with Crippen LogP contribution < -0.4 is 10.1 Å². The summed E-state index contributed by atoms with van der Waals surface area (Å²) < 4.78 is 6.96. The molecular formula is C19H17N7O2. The molecule has 1 amide bonds. The summed E-state index contributed by atoms with van der Waals surface area (Å²) in [5.41, 5.74) is 3.26. The van der Waals surface area contributed by atoms with Crippen molar-refractivity contribution in [2.45, 2.75) is 6.54 Å². The quantitative estimate of drug-likeness (QED) is 0.533. The van der Waals surface area contributed by atoms with Gasteiger partial charge in [0.05, 0.1) is 31.2 Å². The first-order valence-corrected chi connectivity index (χ1v) is 8.53. The molecule has 4 rings (SSSR count). The third-order valence-electron chi connectivity index (χ3n) is 4.10. The number of amides is 1. The van der Waals surface area contributed by atoms with E-state index >= 15 is 0 Å². The van der Waals surface area contributed by atoms with Crippen LogP contribution in [0.15, 0.2) is 61.1 Å². The molecule has 0 bridgehead atoms. The molecule has 3 aromatic heterocycles. The van der Waals surface area contributed by atoms with Crippen LogP contribution in [0.25, 0.3) is 16.9 Å². The standard InChI is InChI=1S/C19H17N7O2/c1-28-18-5-3-2-4-15(18)16-10-17(24-23-16)19(27)21-11-13-12-26(25-22-13)14-6-8-20-9-7-14/h2-10,12H,11H2,1H3,(H,21,27)(H,23,24). The highest BCUT2D eigenvalue weighted by molar-refractivity contribution is 5.93. The Bertz CT molecular complexity index is 1090. The van der Waals surface area contributed by atoms with Gasteiger partial charge in [0.15, 0.2) is 0 Å². The van der Waals surface area contributed by atoms with E-state index in [1.807, 2.05) is 36.4 Å². The van der Waals surface area contributed by atoms with Crippen molar-refractivity contribution >= 4 is 5.91 Å². The third-order valence-corrected chi connectivity index (χ3v) is 4.10. The zero-order valence-corrected chi connectivity index (χ0v) is 15.0. The maximum atomic E-state index is 12.4. The van der Waals surface area contributed by atoms with Crippen LogP contribution in [-0.2, 0) is 6.54 Å². The topological polar surface area (TPSA) is 111 Å². The Morgan fingerprint density at radius 3 is 2.86 bits per heavy atom. The van der Waals surface area contributed by atoms with Crippen LogP contribution in [0.3, 0.4) is 0 Å². The van der Waals surface area contributed by atoms with Gasteiger partial charge in [-0.1, -0.05) is 17.3 Å². The molecule has 0 aliphatic rings. The molecule has 4 aromatic rings. The fourth-order valence-corrected chi connectivity index (χ4v) is 2.70. The zero-order chi connectivity index (χ0) is 19.3. The van der Waals surface area contributed by atoms with E-state index < -0.39 is 0 Å². The van der Waals surface area contributed by atoms with Gasteiger partial charge in [-0.2, -0.15) is 5.10 Å². The number of carbonyl (C=O) groups is 1. The molecule has 140 valence electrons. The molecule has 2 N–H and O–H groups in total. The van der Waals surface area contributed by atoms with Gasteiger partial charge >= 0.3 is 0 Å². The Hall–Kier alpha value is -4.01. The van der Waals surface area contributed by atoms with E-state index in [1.165, 1.54) is 0 Å². The zero-order valence-electron chi connectivity index (χ0n) is 15.0. The second-order valence-corrected chi connectivity index (χ2v) is 5.91. The Kier molecular flexibility index (Phi) is 4.79. The van der Waals surface area contributed by atoms with Gasteiger partial charge in [-0.05, 0) is 30.3 Å². The first kappa shape index (κ1) is 17.4. The smallest absolute Gasteiger partial charge is 0.269 e. The molecule has 3 heterocycles. The second kappa shape index (κ2) is 7.70. The number of methoxy groups -OCH3 is 1. The predicted octanol–water partition coefficient (Wildman–Crippen LogP) is 1.99. The Morgan fingerprint density at radius 2 is 2.04 bits per heavy atom. The number of pyridine rings is 1. The van der Waals surface area contributed by atoms with Gasteiger partial charge in [0.2, 0.25) is 0 Å². The number of benzene rings is 1. The molecule has 0 aliphatic heterocycles. The lowest BCUT2D eigenvalue weighted by Crippen LogP contribution is -2.23. The number of hydrogen-bond donors (Lipinski definition) is 2. The number of nitrogens with zero attached hydrogens (tertiary/aromatic N) is 5. The van der Waals surface area contributed by atoms with Crippen LogP contribution in [0.5, 0.6) is 5.75 Å². The number of nitrogens with one attached hydrogen (secondary N) is 2. The van der Waals surface area contributed by atoms with Gasteiger partial charge in [0.25, 0.3) is 5.91 Å². The summed E-state index contributed by atoms with van der Waals surface area (Å²) >= 11 is 0. The Balaban J connectivity index is 1.43. The van der Waals surface area contributed by atoms with Crippen molar-refractivity contribution in [2.24, 2.45) is 0 Å². The summed E-state index contributed by atoms with van der Waals surface area (Å²) in [6.45, 7) is 0.243. The number of ether oxygens (including phenoxy) is 1. The van der Waals surface area contributed by atoms with Crippen molar-refractivity contribution in [3.8, 4) is 22.7 Å². The van der Waals surface area contributed by atoms with E-state index in [4.69, 9.17) is 4.74 Å². The van der Waals surface area contributed by atoms with Crippen molar-refractivity contribution in [3.05, 3.63) is 72.4 Å². The van der Waals surface area contributed by atoms with Gasteiger partial charge < -0.3 is 10.1 Å². The fourth-order valence-electron chi connectivity index (χ4n) is 2.70. The number of para-hydroxylation sites is 1. The molecule has 9 nitrogen and oxygen atoms in total. The van der Waals surface area contributed by atoms with Crippen LogP contribution in [0.1, 0.15) is 16.2 Å². The number of carbonyl (C=O) groups excluding carboxylic acids is 1. The maximum Gasteiger partial charge on any atom is 0.269 e. The lowest BCUT2D eigenvalue weighted by atomic mass is 10.1. The lowest BCUT2D eigenvalue weighted by Gasteiger charge is -2.04. The van der Waals surface area contributed by atoms with E-state index in [9.17, 15) is 4.79 Å². The minimum Gasteiger partial charge on any atom is -0.496 e. The monoisotopic (exact) mass is 375 g/mol. The van der Waals surface area contributed by atoms with Crippen LogP contribution >= 0.6 is 0 Å². The first-order chi connectivity index (χ1) is 13.7. The summed E-state index contributed by atoms with van der Waals surface area (Å²) in [5.74, 6) is 0.404. The van der Waals surface area contributed by atoms with Crippen LogP contribution in [0, 0.1) is 0 Å². The van der Waals surface area contributed by atoms with Crippen LogP contribution in [-0.4, -0.2) is 43.2 Å². The molecule has 0 fully saturated rings. The van der Waals surface area contributed by atoms with Crippen LogP contribution in [0.4, 0.5) is 0 Å². The molecule has 9 heteroatoms. The molecule has 0 unspecified atom stereocenters. The molecule has 0 saturated heterocycles. The van der Waals surface area contributed by atoms with Crippen molar-refractivity contribution in [1.29, 1.82) is 0 Å². The van der Waals surface area contributed by atoms with Gasteiger partial charge in [0, 0.05) is 18.0 Å². The highest BCUT2D eigenvalue weighted by Crippen LogP contribution is 2.28. The third kappa shape index (κ3) is 3.58.